The highest BCUT2D eigenvalue weighted by Gasteiger charge is 2.40. The highest BCUT2D eigenvalue weighted by Crippen LogP contribution is 2.30. The van der Waals surface area contributed by atoms with E-state index in [9.17, 15) is 22.8 Å². The fourth-order valence-electron chi connectivity index (χ4n) is 5.23. The Labute approximate surface area is 219 Å². The van der Waals surface area contributed by atoms with Gasteiger partial charge < -0.3 is 10.2 Å². The summed E-state index contributed by atoms with van der Waals surface area (Å²) in [7, 11) is -3.91. The van der Waals surface area contributed by atoms with E-state index in [4.69, 9.17) is 0 Å². The molecule has 0 radical (unpaired) electrons. The molecule has 37 heavy (non-hydrogen) atoms. The summed E-state index contributed by atoms with van der Waals surface area (Å²) in [5.74, 6) is -0.916. The lowest BCUT2D eigenvalue weighted by atomic mass is 10.1. The number of benzene rings is 2. The van der Waals surface area contributed by atoms with E-state index < -0.39 is 22.0 Å². The molecule has 8 nitrogen and oxygen atoms in total. The first kappa shape index (κ1) is 26.9. The first-order chi connectivity index (χ1) is 17.8. The average molecular weight is 526 g/mol. The molecule has 4 rings (SSSR count). The van der Waals surface area contributed by atoms with Gasteiger partial charge in [-0.3, -0.25) is 14.4 Å². The van der Waals surface area contributed by atoms with Gasteiger partial charge >= 0.3 is 0 Å². The zero-order valence-electron chi connectivity index (χ0n) is 21.3. The van der Waals surface area contributed by atoms with E-state index in [2.05, 4.69) is 5.32 Å². The fourth-order valence-corrected chi connectivity index (χ4v) is 6.84. The van der Waals surface area contributed by atoms with E-state index in [1.807, 2.05) is 37.3 Å². The third-order valence-electron chi connectivity index (χ3n) is 7.24. The number of hydrogen-bond acceptors (Lipinski definition) is 5. The van der Waals surface area contributed by atoms with Crippen LogP contribution in [-0.2, 0) is 26.0 Å². The van der Waals surface area contributed by atoms with E-state index >= 15 is 0 Å². The third kappa shape index (κ3) is 6.04. The zero-order valence-corrected chi connectivity index (χ0v) is 22.1. The van der Waals surface area contributed by atoms with Crippen molar-refractivity contribution >= 4 is 27.7 Å². The van der Waals surface area contributed by atoms with Crippen molar-refractivity contribution in [2.24, 2.45) is 0 Å². The summed E-state index contributed by atoms with van der Waals surface area (Å²) in [6.45, 7) is 2.19. The number of nitrogens with zero attached hydrogens (tertiary/aromatic N) is 2. The van der Waals surface area contributed by atoms with E-state index in [0.29, 0.717) is 19.4 Å². The average Bonchev–Trinajstić information content (AvgIpc) is 3.47. The first-order valence-electron chi connectivity index (χ1n) is 13.1. The van der Waals surface area contributed by atoms with Gasteiger partial charge in [0.05, 0.1) is 5.56 Å². The summed E-state index contributed by atoms with van der Waals surface area (Å²) in [5.41, 5.74) is 1.23. The molecule has 0 aromatic heterocycles. The van der Waals surface area contributed by atoms with Crippen LogP contribution in [0.3, 0.4) is 0 Å². The van der Waals surface area contributed by atoms with Crippen LogP contribution in [0, 0.1) is 0 Å². The van der Waals surface area contributed by atoms with Crippen LogP contribution in [-0.4, -0.2) is 60.5 Å². The van der Waals surface area contributed by atoms with Crippen molar-refractivity contribution in [3.05, 3.63) is 65.7 Å². The van der Waals surface area contributed by atoms with E-state index in [1.54, 1.807) is 17.0 Å². The molecule has 1 unspecified atom stereocenters. The molecule has 1 atom stereocenters. The second-order valence-electron chi connectivity index (χ2n) is 9.72. The Hall–Kier alpha value is -3.20. The standard InChI is InChI=1S/C28H35N3O5S/c1-2-24(27(33)29-22-13-6-7-14-22)30(20-18-21-11-4-3-5-12-21)26(32)17-10-19-31-28(34)23-15-8-9-16-25(23)37(31,35)36/h3-5,8-9,11-12,15-16,22,24H,2,6-7,10,13-14,17-20H2,1H3,(H,29,33). The molecule has 0 bridgehead atoms. The van der Waals surface area contributed by atoms with E-state index in [-0.39, 0.29) is 47.7 Å². The maximum Gasteiger partial charge on any atom is 0.269 e. The lowest BCUT2D eigenvalue weighted by Gasteiger charge is -2.31. The van der Waals surface area contributed by atoms with Crippen LogP contribution >= 0.6 is 0 Å². The molecule has 2 aromatic carbocycles. The van der Waals surface area contributed by atoms with E-state index in [1.165, 1.54) is 12.1 Å². The smallest absolute Gasteiger partial charge is 0.269 e. The van der Waals surface area contributed by atoms with Crippen LogP contribution < -0.4 is 5.32 Å². The van der Waals surface area contributed by atoms with Crippen molar-refractivity contribution < 1.29 is 22.8 Å². The van der Waals surface area contributed by atoms with Gasteiger partial charge in [0.15, 0.2) is 0 Å². The van der Waals surface area contributed by atoms with Gasteiger partial charge in [-0.2, -0.15) is 0 Å². The molecule has 2 aliphatic rings. The zero-order chi connectivity index (χ0) is 26.4. The monoisotopic (exact) mass is 525 g/mol. The minimum Gasteiger partial charge on any atom is -0.352 e. The summed E-state index contributed by atoms with van der Waals surface area (Å²) in [6, 6.07) is 15.5. The summed E-state index contributed by atoms with van der Waals surface area (Å²) in [4.78, 5) is 40.9. The van der Waals surface area contributed by atoms with Crippen molar-refractivity contribution in [1.82, 2.24) is 14.5 Å². The molecule has 2 aromatic rings. The van der Waals surface area contributed by atoms with Crippen molar-refractivity contribution in [3.8, 4) is 0 Å². The number of rotatable bonds is 11. The topological polar surface area (TPSA) is 104 Å². The van der Waals surface area contributed by atoms with Crippen LogP contribution in [0.2, 0.25) is 0 Å². The molecule has 1 heterocycles. The van der Waals surface area contributed by atoms with Crippen LogP contribution in [0.25, 0.3) is 0 Å². The van der Waals surface area contributed by atoms with E-state index in [0.717, 1.165) is 35.6 Å². The molecule has 9 heteroatoms. The molecule has 1 N–H and O–H groups in total. The maximum absolute atomic E-state index is 13.4. The predicted octanol–water partition coefficient (Wildman–Crippen LogP) is 3.52. The SMILES string of the molecule is CCC(C(=O)NC1CCCC1)N(CCc1ccccc1)C(=O)CCCN1C(=O)c2ccccc2S1(=O)=O. The number of fused-ring (bicyclic) bond motifs is 1. The summed E-state index contributed by atoms with van der Waals surface area (Å²) < 4.78 is 26.5. The van der Waals surface area contributed by atoms with Gasteiger partial charge in [0, 0.05) is 25.6 Å². The summed E-state index contributed by atoms with van der Waals surface area (Å²) in [6.07, 6.45) is 5.42. The Morgan fingerprint density at radius 2 is 1.73 bits per heavy atom. The Bertz CT molecular complexity index is 1230. The minimum atomic E-state index is -3.91. The molecule has 1 saturated carbocycles. The molecular weight excluding hydrogens is 490 g/mol. The van der Waals surface area contributed by atoms with Crippen molar-refractivity contribution in [3.63, 3.8) is 0 Å². The number of sulfonamides is 1. The third-order valence-corrected chi connectivity index (χ3v) is 9.08. The Kier molecular flexibility index (Phi) is 8.63. The fraction of sp³-hybridized carbons (Fsp3) is 0.464. The quantitative estimate of drug-likeness (QED) is 0.484. The van der Waals surface area contributed by atoms with Crippen molar-refractivity contribution in [1.29, 1.82) is 0 Å². The van der Waals surface area contributed by atoms with Gasteiger partial charge in [-0.15, -0.1) is 0 Å². The maximum atomic E-state index is 13.4. The van der Waals surface area contributed by atoms with Gasteiger partial charge in [0.25, 0.3) is 15.9 Å². The Morgan fingerprint density at radius 1 is 1.05 bits per heavy atom. The Morgan fingerprint density at radius 3 is 2.41 bits per heavy atom. The van der Waals surface area contributed by atoms with Crippen LogP contribution in [0.15, 0.2) is 59.5 Å². The first-order valence-corrected chi connectivity index (χ1v) is 14.6. The molecule has 1 aliphatic carbocycles. The lowest BCUT2D eigenvalue weighted by molar-refractivity contribution is -0.141. The summed E-state index contributed by atoms with van der Waals surface area (Å²) >= 11 is 0. The highest BCUT2D eigenvalue weighted by atomic mass is 32.2. The Balaban J connectivity index is 1.43. The molecule has 1 aliphatic heterocycles. The molecule has 1 fully saturated rings. The molecule has 3 amide bonds. The number of hydrogen-bond donors (Lipinski definition) is 1. The number of carbonyl (C=O) groups is 3. The number of nitrogens with one attached hydrogen (secondary N) is 1. The van der Waals surface area contributed by atoms with Gasteiger partial charge in [-0.25, -0.2) is 12.7 Å². The van der Waals surface area contributed by atoms with Gasteiger partial charge in [0.2, 0.25) is 11.8 Å². The van der Waals surface area contributed by atoms with Crippen LogP contribution in [0.1, 0.15) is 67.8 Å². The van der Waals surface area contributed by atoms with Crippen molar-refractivity contribution in [2.75, 3.05) is 13.1 Å². The normalized spacial score (nSPS) is 17.4. The van der Waals surface area contributed by atoms with Gasteiger partial charge in [-0.05, 0) is 49.8 Å². The predicted molar refractivity (Wildman–Crippen MR) is 140 cm³/mol. The van der Waals surface area contributed by atoms with Gasteiger partial charge in [-0.1, -0.05) is 62.2 Å². The van der Waals surface area contributed by atoms with Crippen molar-refractivity contribution in [2.45, 2.75) is 75.3 Å². The molecule has 0 spiro atoms. The number of carbonyl (C=O) groups excluding carboxylic acids is 3. The second-order valence-corrected chi connectivity index (χ2v) is 11.5. The van der Waals surface area contributed by atoms with Crippen LogP contribution in [0.4, 0.5) is 0 Å². The molecular formula is C28H35N3O5S. The number of amides is 3. The lowest BCUT2D eigenvalue weighted by Crippen LogP contribution is -2.52. The van der Waals surface area contributed by atoms with Crippen LogP contribution in [0.5, 0.6) is 0 Å². The largest absolute Gasteiger partial charge is 0.352 e. The molecule has 0 saturated heterocycles. The highest BCUT2D eigenvalue weighted by molar-refractivity contribution is 7.90. The molecule has 198 valence electrons. The second kappa shape index (κ2) is 11.9. The summed E-state index contributed by atoms with van der Waals surface area (Å²) in [5, 5.41) is 3.13. The minimum absolute atomic E-state index is 0.00504. The van der Waals surface area contributed by atoms with Gasteiger partial charge in [0.1, 0.15) is 10.9 Å².